The van der Waals surface area contributed by atoms with Crippen LogP contribution >= 0.6 is 11.6 Å². The third kappa shape index (κ3) is 4.91. The van der Waals surface area contributed by atoms with Crippen LogP contribution in [0.2, 0.25) is 5.02 Å². The summed E-state index contributed by atoms with van der Waals surface area (Å²) in [4.78, 5) is 39.1. The highest BCUT2D eigenvalue weighted by atomic mass is 35.5. The third-order valence-corrected chi connectivity index (χ3v) is 5.25. The van der Waals surface area contributed by atoms with Gasteiger partial charge in [-0.05, 0) is 23.8 Å². The first-order valence-corrected chi connectivity index (χ1v) is 9.86. The number of benzene rings is 2. The number of ether oxygens (including phenoxy) is 2. The lowest BCUT2D eigenvalue weighted by molar-refractivity contribution is -0.145. The number of halogens is 1. The van der Waals surface area contributed by atoms with Crippen LogP contribution in [0.25, 0.3) is 0 Å². The summed E-state index contributed by atoms with van der Waals surface area (Å²) in [5, 5.41) is 3.20. The highest BCUT2D eigenvalue weighted by Gasteiger charge is 2.37. The molecule has 7 nitrogen and oxygen atoms in total. The smallest absolute Gasteiger partial charge is 0.328 e. The molecule has 0 aliphatic carbocycles. The van der Waals surface area contributed by atoms with Crippen LogP contribution in [0, 0.1) is 5.92 Å². The van der Waals surface area contributed by atoms with Crippen molar-refractivity contribution in [3.05, 3.63) is 59.1 Å². The predicted octanol–water partition coefficient (Wildman–Crippen LogP) is 2.60. The Hall–Kier alpha value is -3.06. The van der Waals surface area contributed by atoms with E-state index in [1.807, 2.05) is 30.3 Å². The van der Waals surface area contributed by atoms with Gasteiger partial charge in [0.1, 0.15) is 11.8 Å². The molecule has 8 heteroatoms. The Kier molecular flexibility index (Phi) is 6.95. The molecule has 1 heterocycles. The van der Waals surface area contributed by atoms with E-state index >= 15 is 0 Å². The summed E-state index contributed by atoms with van der Waals surface area (Å²) in [6.45, 7) is 0.167. The molecule has 2 aromatic rings. The Morgan fingerprint density at radius 3 is 2.60 bits per heavy atom. The number of anilines is 1. The fraction of sp³-hybridized carbons (Fsp3) is 0.318. The van der Waals surface area contributed by atoms with Gasteiger partial charge >= 0.3 is 5.97 Å². The van der Waals surface area contributed by atoms with Gasteiger partial charge in [0.2, 0.25) is 11.8 Å². The summed E-state index contributed by atoms with van der Waals surface area (Å²) in [7, 11) is 2.78. The number of nitrogens with zero attached hydrogens (tertiary/aromatic N) is 1. The van der Waals surface area contributed by atoms with E-state index in [2.05, 4.69) is 5.32 Å². The van der Waals surface area contributed by atoms with Gasteiger partial charge in [0.05, 0.1) is 25.8 Å². The predicted molar refractivity (Wildman–Crippen MR) is 113 cm³/mol. The van der Waals surface area contributed by atoms with Crippen molar-refractivity contribution >= 4 is 35.1 Å². The molecular formula is C22H23ClN2O5. The van der Waals surface area contributed by atoms with Gasteiger partial charge in [0.25, 0.3) is 0 Å². The molecule has 1 saturated heterocycles. The van der Waals surface area contributed by atoms with Gasteiger partial charge in [-0.25, -0.2) is 4.79 Å². The molecule has 1 N–H and O–H groups in total. The zero-order valence-corrected chi connectivity index (χ0v) is 17.5. The fourth-order valence-corrected chi connectivity index (χ4v) is 3.63. The van der Waals surface area contributed by atoms with Gasteiger partial charge in [-0.3, -0.25) is 9.59 Å². The zero-order chi connectivity index (χ0) is 21.7. The van der Waals surface area contributed by atoms with E-state index in [4.69, 9.17) is 21.1 Å². The molecule has 2 aromatic carbocycles. The third-order valence-electron chi connectivity index (χ3n) is 5.01. The molecule has 2 atom stereocenters. The highest BCUT2D eigenvalue weighted by molar-refractivity contribution is 6.31. The maximum absolute atomic E-state index is 12.9. The number of esters is 1. The molecular weight excluding hydrogens is 408 g/mol. The van der Waals surface area contributed by atoms with Gasteiger partial charge in [0, 0.05) is 24.4 Å². The van der Waals surface area contributed by atoms with Gasteiger partial charge in [-0.15, -0.1) is 0 Å². The summed E-state index contributed by atoms with van der Waals surface area (Å²) in [5.41, 5.74) is 1.40. The van der Waals surface area contributed by atoms with Crippen LogP contribution < -0.4 is 15.0 Å². The van der Waals surface area contributed by atoms with Crippen LogP contribution in [0.5, 0.6) is 5.75 Å². The summed E-state index contributed by atoms with van der Waals surface area (Å²) >= 11 is 6.07. The Bertz CT molecular complexity index is 934. The van der Waals surface area contributed by atoms with Crippen molar-refractivity contribution in [2.45, 2.75) is 18.9 Å². The van der Waals surface area contributed by atoms with Crippen LogP contribution in [-0.4, -0.2) is 44.6 Å². The number of hydrogen-bond donors (Lipinski definition) is 1. The van der Waals surface area contributed by atoms with E-state index in [0.29, 0.717) is 22.9 Å². The van der Waals surface area contributed by atoms with Gasteiger partial charge in [-0.1, -0.05) is 41.9 Å². The molecule has 1 aliphatic heterocycles. The van der Waals surface area contributed by atoms with Crippen LogP contribution in [0.15, 0.2) is 48.5 Å². The normalized spacial score (nSPS) is 16.8. The quantitative estimate of drug-likeness (QED) is 0.682. The van der Waals surface area contributed by atoms with Crippen molar-refractivity contribution in [2.24, 2.45) is 5.92 Å². The van der Waals surface area contributed by atoms with Crippen molar-refractivity contribution in [2.75, 3.05) is 25.7 Å². The fourth-order valence-electron chi connectivity index (χ4n) is 3.47. The van der Waals surface area contributed by atoms with E-state index in [1.54, 1.807) is 18.2 Å². The first kappa shape index (κ1) is 21.6. The largest absolute Gasteiger partial charge is 0.495 e. The Morgan fingerprint density at radius 2 is 1.93 bits per heavy atom. The molecule has 3 rings (SSSR count). The summed E-state index contributed by atoms with van der Waals surface area (Å²) < 4.78 is 10.2. The van der Waals surface area contributed by atoms with Gasteiger partial charge < -0.3 is 19.7 Å². The highest BCUT2D eigenvalue weighted by Crippen LogP contribution is 2.35. The molecule has 0 unspecified atom stereocenters. The summed E-state index contributed by atoms with van der Waals surface area (Å²) in [6, 6.07) is 13.5. The second-order valence-electron chi connectivity index (χ2n) is 7.00. The lowest BCUT2D eigenvalue weighted by Gasteiger charge is -2.21. The first-order valence-electron chi connectivity index (χ1n) is 9.49. The first-order chi connectivity index (χ1) is 14.4. The maximum Gasteiger partial charge on any atom is 0.328 e. The van der Waals surface area contributed by atoms with Gasteiger partial charge in [-0.2, -0.15) is 0 Å². The van der Waals surface area contributed by atoms with Crippen LogP contribution in [0.3, 0.4) is 0 Å². The molecule has 2 amide bonds. The molecule has 1 fully saturated rings. The number of rotatable bonds is 7. The van der Waals surface area contributed by atoms with Crippen LogP contribution in [0.1, 0.15) is 12.0 Å². The topological polar surface area (TPSA) is 84.9 Å². The van der Waals surface area contributed by atoms with E-state index in [9.17, 15) is 14.4 Å². The lowest BCUT2D eigenvalue weighted by Crippen LogP contribution is -2.46. The monoisotopic (exact) mass is 430 g/mol. The Labute approximate surface area is 179 Å². The number of methoxy groups -OCH3 is 2. The second-order valence-corrected chi connectivity index (χ2v) is 7.43. The summed E-state index contributed by atoms with van der Waals surface area (Å²) in [6.07, 6.45) is 0.326. The molecule has 0 spiro atoms. The van der Waals surface area contributed by atoms with Crippen LogP contribution in [0.4, 0.5) is 5.69 Å². The standard InChI is InChI=1S/C22H23ClN2O5/c1-29-19-9-8-16(23)12-18(19)25-13-15(11-20(25)26)21(27)24-17(22(28)30-2)10-14-6-4-3-5-7-14/h3-9,12,15,17H,10-11,13H2,1-2H3,(H,24,27)/t15-,17-/m0/s1. The molecule has 158 valence electrons. The second kappa shape index (κ2) is 9.63. The number of carbonyl (C=O) groups is 3. The zero-order valence-electron chi connectivity index (χ0n) is 16.8. The number of carbonyl (C=O) groups excluding carboxylic acids is 3. The number of hydrogen-bond acceptors (Lipinski definition) is 5. The Morgan fingerprint density at radius 1 is 1.20 bits per heavy atom. The maximum atomic E-state index is 12.9. The number of amides is 2. The van der Waals surface area contributed by atoms with Gasteiger partial charge in [0.15, 0.2) is 0 Å². The molecule has 1 aliphatic rings. The van der Waals surface area contributed by atoms with Crippen molar-refractivity contribution in [3.63, 3.8) is 0 Å². The van der Waals surface area contributed by atoms with Crippen molar-refractivity contribution in [1.82, 2.24) is 5.32 Å². The van der Waals surface area contributed by atoms with Crippen LogP contribution in [-0.2, 0) is 25.5 Å². The lowest BCUT2D eigenvalue weighted by atomic mass is 10.0. The molecule has 0 saturated carbocycles. The molecule has 0 aromatic heterocycles. The van der Waals surface area contributed by atoms with Crippen molar-refractivity contribution in [1.29, 1.82) is 0 Å². The average molecular weight is 431 g/mol. The van der Waals surface area contributed by atoms with E-state index in [1.165, 1.54) is 19.1 Å². The minimum absolute atomic E-state index is 0.0285. The minimum atomic E-state index is -0.838. The van der Waals surface area contributed by atoms with Crippen molar-refractivity contribution in [3.8, 4) is 5.75 Å². The molecule has 0 radical (unpaired) electrons. The Balaban J connectivity index is 1.73. The number of nitrogens with one attached hydrogen (secondary N) is 1. The SMILES string of the molecule is COC(=O)[C@H](Cc1ccccc1)NC(=O)[C@H]1CC(=O)N(c2cc(Cl)ccc2OC)C1. The molecule has 0 bridgehead atoms. The summed E-state index contributed by atoms with van der Waals surface area (Å²) in [5.74, 6) is -1.24. The van der Waals surface area contributed by atoms with E-state index < -0.39 is 17.9 Å². The van der Waals surface area contributed by atoms with E-state index in [0.717, 1.165) is 5.56 Å². The average Bonchev–Trinajstić information content (AvgIpc) is 3.15. The minimum Gasteiger partial charge on any atom is -0.495 e. The van der Waals surface area contributed by atoms with E-state index in [-0.39, 0.29) is 24.8 Å². The molecule has 30 heavy (non-hydrogen) atoms. The van der Waals surface area contributed by atoms with Crippen molar-refractivity contribution < 1.29 is 23.9 Å².